The number of aromatic hydroxyl groups is 2. The molecule has 0 bridgehead atoms. The van der Waals surface area contributed by atoms with Crippen LogP contribution in [0.3, 0.4) is 0 Å². The Morgan fingerprint density at radius 3 is 2.33 bits per heavy atom. The molecule has 1 aromatic rings. The van der Waals surface area contributed by atoms with Crippen molar-refractivity contribution in [3.8, 4) is 11.5 Å². The minimum Gasteiger partial charge on any atom is -0.508 e. The molecule has 0 saturated carbocycles. The van der Waals surface area contributed by atoms with Gasteiger partial charge < -0.3 is 10.2 Å². The van der Waals surface area contributed by atoms with E-state index in [2.05, 4.69) is 0 Å². The summed E-state index contributed by atoms with van der Waals surface area (Å²) in [5.41, 5.74) is 0.225. The van der Waals surface area contributed by atoms with E-state index in [1.807, 2.05) is 0 Å². The normalized spacial score (nSPS) is 8.75. The van der Waals surface area contributed by atoms with Gasteiger partial charge in [0.25, 0.3) is 0 Å². The van der Waals surface area contributed by atoms with Crippen LogP contribution in [-0.4, -0.2) is 16.0 Å². The van der Waals surface area contributed by atoms with Gasteiger partial charge in [-0.1, -0.05) is 0 Å². The zero-order valence-corrected chi connectivity index (χ0v) is 7.28. The summed E-state index contributed by atoms with van der Waals surface area (Å²) < 4.78 is 0. The van der Waals surface area contributed by atoms with E-state index in [0.29, 0.717) is 0 Å². The molecule has 0 saturated heterocycles. The third kappa shape index (κ3) is 2.26. The van der Waals surface area contributed by atoms with E-state index in [4.69, 9.17) is 10.2 Å². The first kappa shape index (κ1) is 11.0. The molecule has 0 aliphatic carbocycles. The number of hydrogen-bond donors (Lipinski definition) is 2. The topological polar surface area (TPSA) is 57.5 Å². The summed E-state index contributed by atoms with van der Waals surface area (Å²) in [5, 5.41) is 17.9. The Morgan fingerprint density at radius 1 is 1.33 bits per heavy atom. The van der Waals surface area contributed by atoms with Crippen molar-refractivity contribution in [1.29, 1.82) is 0 Å². The van der Waals surface area contributed by atoms with E-state index in [1.54, 1.807) is 0 Å². The fourth-order valence-corrected chi connectivity index (χ4v) is 0.818. The van der Waals surface area contributed by atoms with Crippen molar-refractivity contribution in [2.24, 2.45) is 0 Å². The number of ketones is 1. The predicted molar refractivity (Wildman–Crippen MR) is 39.8 cm³/mol. The SMILES string of the molecule is CC(=O)c1ccc(O)cc1O.[Cu]. The number of phenolic OH excluding ortho intramolecular Hbond substituents is 2. The third-order valence-electron chi connectivity index (χ3n) is 1.36. The van der Waals surface area contributed by atoms with Gasteiger partial charge in [-0.3, -0.25) is 4.79 Å². The third-order valence-corrected chi connectivity index (χ3v) is 1.36. The van der Waals surface area contributed by atoms with E-state index < -0.39 is 0 Å². The first-order valence-corrected chi connectivity index (χ1v) is 3.14. The molecule has 2 N–H and O–H groups in total. The van der Waals surface area contributed by atoms with Crippen LogP contribution in [0.15, 0.2) is 18.2 Å². The maximum atomic E-state index is 10.7. The molecule has 0 amide bonds. The number of carbonyl (C=O) groups excluding carboxylic acids is 1. The molecule has 1 aromatic carbocycles. The molecule has 0 atom stereocenters. The molecule has 0 heterocycles. The van der Waals surface area contributed by atoms with Crippen molar-refractivity contribution < 1.29 is 32.1 Å². The number of Topliss-reactive ketones (excluding diaryl/α,β-unsaturated/α-hetero) is 1. The molecule has 0 aromatic heterocycles. The van der Waals surface area contributed by atoms with Crippen LogP contribution in [-0.2, 0) is 17.1 Å². The van der Waals surface area contributed by atoms with E-state index in [0.717, 1.165) is 6.07 Å². The molecule has 69 valence electrons. The Morgan fingerprint density at radius 2 is 1.92 bits per heavy atom. The fourth-order valence-electron chi connectivity index (χ4n) is 0.818. The van der Waals surface area contributed by atoms with Crippen LogP contribution >= 0.6 is 0 Å². The molecule has 0 fully saturated rings. The molecule has 0 aliphatic rings. The van der Waals surface area contributed by atoms with Gasteiger partial charge in [0.2, 0.25) is 0 Å². The zero-order chi connectivity index (χ0) is 8.43. The molecule has 0 spiro atoms. The number of carbonyl (C=O) groups is 1. The van der Waals surface area contributed by atoms with E-state index >= 15 is 0 Å². The first-order valence-electron chi connectivity index (χ1n) is 3.14. The molecule has 1 rings (SSSR count). The van der Waals surface area contributed by atoms with Gasteiger partial charge in [-0.05, 0) is 19.1 Å². The van der Waals surface area contributed by atoms with Gasteiger partial charge in [-0.15, -0.1) is 0 Å². The minimum atomic E-state index is -0.220. The van der Waals surface area contributed by atoms with Crippen molar-refractivity contribution in [3.05, 3.63) is 23.8 Å². The van der Waals surface area contributed by atoms with E-state index in [-0.39, 0.29) is 39.9 Å². The maximum absolute atomic E-state index is 10.7. The minimum absolute atomic E-state index is 0. The monoisotopic (exact) mass is 215 g/mol. The van der Waals surface area contributed by atoms with Crippen molar-refractivity contribution >= 4 is 5.78 Å². The average Bonchev–Trinajstić information content (AvgIpc) is 1.85. The molecule has 0 aliphatic heterocycles. The Balaban J connectivity index is 0.00000121. The van der Waals surface area contributed by atoms with Gasteiger partial charge in [0.05, 0.1) is 5.56 Å². The summed E-state index contributed by atoms with van der Waals surface area (Å²) in [5.74, 6) is -0.451. The first-order chi connectivity index (χ1) is 5.11. The second-order valence-corrected chi connectivity index (χ2v) is 2.26. The van der Waals surface area contributed by atoms with Crippen LogP contribution in [0.1, 0.15) is 17.3 Å². The van der Waals surface area contributed by atoms with Crippen LogP contribution in [0.4, 0.5) is 0 Å². The Hall–Kier alpha value is -0.991. The number of hydrogen-bond acceptors (Lipinski definition) is 3. The number of benzene rings is 1. The van der Waals surface area contributed by atoms with Crippen molar-refractivity contribution in [3.63, 3.8) is 0 Å². The summed E-state index contributed by atoms with van der Waals surface area (Å²) in [6.45, 7) is 1.35. The van der Waals surface area contributed by atoms with Crippen LogP contribution in [0, 0.1) is 0 Å². The molecular weight excluding hydrogens is 208 g/mol. The number of phenols is 2. The fraction of sp³-hybridized carbons (Fsp3) is 0.125. The van der Waals surface area contributed by atoms with Gasteiger partial charge in [0, 0.05) is 23.1 Å². The van der Waals surface area contributed by atoms with Crippen LogP contribution in [0.25, 0.3) is 0 Å². The van der Waals surface area contributed by atoms with Crippen molar-refractivity contribution in [2.45, 2.75) is 6.92 Å². The van der Waals surface area contributed by atoms with Crippen molar-refractivity contribution in [2.75, 3.05) is 0 Å². The summed E-state index contributed by atoms with van der Waals surface area (Å²) in [6, 6.07) is 3.88. The van der Waals surface area contributed by atoms with Gasteiger partial charge in [-0.2, -0.15) is 0 Å². The average molecular weight is 216 g/mol. The molecule has 4 heteroatoms. The van der Waals surface area contributed by atoms with Crippen LogP contribution < -0.4 is 0 Å². The van der Waals surface area contributed by atoms with E-state index in [9.17, 15) is 4.79 Å². The predicted octanol–water partition coefficient (Wildman–Crippen LogP) is 1.30. The second kappa shape index (κ2) is 4.14. The van der Waals surface area contributed by atoms with Gasteiger partial charge in [-0.25, -0.2) is 0 Å². The molecule has 0 unspecified atom stereocenters. The van der Waals surface area contributed by atoms with Gasteiger partial charge >= 0.3 is 0 Å². The largest absolute Gasteiger partial charge is 0.508 e. The number of rotatable bonds is 1. The summed E-state index contributed by atoms with van der Waals surface area (Å²) in [7, 11) is 0. The van der Waals surface area contributed by atoms with Crippen molar-refractivity contribution in [1.82, 2.24) is 0 Å². The summed E-state index contributed by atoms with van der Waals surface area (Å²) in [4.78, 5) is 10.7. The Kier molecular flexibility index (Phi) is 3.80. The second-order valence-electron chi connectivity index (χ2n) is 2.26. The van der Waals surface area contributed by atoms with Crippen LogP contribution in [0.5, 0.6) is 11.5 Å². The summed E-state index contributed by atoms with van der Waals surface area (Å²) in [6.07, 6.45) is 0. The molecule has 12 heavy (non-hydrogen) atoms. The Bertz CT molecular complexity index is 296. The molecular formula is C8H8CuO3. The van der Waals surface area contributed by atoms with Crippen LogP contribution in [0.2, 0.25) is 0 Å². The zero-order valence-electron chi connectivity index (χ0n) is 6.34. The Labute approximate surface area is 80.5 Å². The van der Waals surface area contributed by atoms with Gasteiger partial charge in [0.15, 0.2) is 5.78 Å². The van der Waals surface area contributed by atoms with Gasteiger partial charge in [0.1, 0.15) is 11.5 Å². The quantitative estimate of drug-likeness (QED) is 0.549. The smallest absolute Gasteiger partial charge is 0.163 e. The van der Waals surface area contributed by atoms with E-state index in [1.165, 1.54) is 19.1 Å². The maximum Gasteiger partial charge on any atom is 0.163 e. The molecule has 3 nitrogen and oxygen atoms in total. The summed E-state index contributed by atoms with van der Waals surface area (Å²) >= 11 is 0. The standard InChI is InChI=1S/C8H8O3.Cu/c1-5(9)7-3-2-6(10)4-8(7)11;/h2-4,10-11H,1H3;. The molecule has 1 radical (unpaired) electrons.